The molecule has 1 aromatic heterocycles. The molecule has 1 fully saturated rings. The summed E-state index contributed by atoms with van der Waals surface area (Å²) >= 11 is 0. The number of amidine groups is 1. The van der Waals surface area contributed by atoms with Gasteiger partial charge in [-0.05, 0) is 26.7 Å². The van der Waals surface area contributed by atoms with Crippen molar-refractivity contribution in [3.63, 3.8) is 0 Å². The second-order valence-electron chi connectivity index (χ2n) is 4.66. The molecule has 0 aliphatic carbocycles. The highest BCUT2D eigenvalue weighted by atomic mass is 15.2. The Morgan fingerprint density at radius 1 is 1.53 bits per heavy atom. The summed E-state index contributed by atoms with van der Waals surface area (Å²) in [7, 11) is 0. The van der Waals surface area contributed by atoms with Gasteiger partial charge in [-0.3, -0.25) is 10.4 Å². The van der Waals surface area contributed by atoms with Gasteiger partial charge in [0.1, 0.15) is 5.82 Å². The minimum atomic E-state index is 0.158. The van der Waals surface area contributed by atoms with E-state index in [1.54, 1.807) is 6.20 Å². The van der Waals surface area contributed by atoms with Gasteiger partial charge in [0.15, 0.2) is 0 Å². The molecule has 0 radical (unpaired) electrons. The summed E-state index contributed by atoms with van der Waals surface area (Å²) < 4.78 is 0. The third kappa shape index (κ3) is 2.54. The van der Waals surface area contributed by atoms with Crippen LogP contribution in [0.3, 0.4) is 0 Å². The number of nitrogens with two attached hydrogens (primary N) is 1. The number of nitrogens with zero attached hydrogens (tertiary/aromatic N) is 3. The number of hydrogen-bond acceptors (Lipinski definition) is 4. The quantitative estimate of drug-likeness (QED) is 0.595. The molecule has 3 N–H and O–H groups in total. The summed E-state index contributed by atoms with van der Waals surface area (Å²) in [6.07, 6.45) is 3.84. The lowest BCUT2D eigenvalue weighted by Gasteiger charge is -2.33. The summed E-state index contributed by atoms with van der Waals surface area (Å²) in [6.45, 7) is 5.68. The Bertz CT molecular complexity index is 429. The van der Waals surface area contributed by atoms with Crippen LogP contribution < -0.4 is 10.6 Å². The molecule has 2 heterocycles. The van der Waals surface area contributed by atoms with Gasteiger partial charge in [-0.2, -0.15) is 0 Å². The zero-order chi connectivity index (χ0) is 12.4. The highest BCUT2D eigenvalue weighted by Crippen LogP contribution is 2.23. The minimum absolute atomic E-state index is 0.158. The van der Waals surface area contributed by atoms with Crippen molar-refractivity contribution in [3.05, 3.63) is 17.6 Å². The highest BCUT2D eigenvalue weighted by molar-refractivity contribution is 5.80. The van der Waals surface area contributed by atoms with Crippen molar-refractivity contribution in [2.24, 2.45) is 11.7 Å². The second-order valence-corrected chi connectivity index (χ2v) is 4.66. The first kappa shape index (κ1) is 11.8. The monoisotopic (exact) mass is 233 g/mol. The zero-order valence-electron chi connectivity index (χ0n) is 10.4. The molecule has 1 atom stereocenters. The fourth-order valence-electron chi connectivity index (χ4n) is 2.25. The van der Waals surface area contributed by atoms with E-state index in [9.17, 15) is 0 Å². The molecule has 17 heavy (non-hydrogen) atoms. The average Bonchev–Trinajstić information content (AvgIpc) is 2.32. The fourth-order valence-corrected chi connectivity index (χ4v) is 2.25. The lowest BCUT2D eigenvalue weighted by molar-refractivity contribution is 0.498. The van der Waals surface area contributed by atoms with Crippen molar-refractivity contribution in [3.8, 4) is 0 Å². The molecule has 2 rings (SSSR count). The number of rotatable bonds is 2. The van der Waals surface area contributed by atoms with Crippen molar-refractivity contribution in [2.45, 2.75) is 26.7 Å². The van der Waals surface area contributed by atoms with E-state index in [1.165, 1.54) is 0 Å². The molecule has 1 aromatic rings. The van der Waals surface area contributed by atoms with Crippen LogP contribution in [0.4, 0.5) is 5.82 Å². The normalized spacial score (nSPS) is 20.4. The Hall–Kier alpha value is -1.65. The first-order chi connectivity index (χ1) is 8.08. The number of aryl methyl sites for hydroxylation is 2. The van der Waals surface area contributed by atoms with Gasteiger partial charge in [-0.1, -0.05) is 0 Å². The van der Waals surface area contributed by atoms with E-state index in [0.29, 0.717) is 0 Å². The first-order valence-corrected chi connectivity index (χ1v) is 5.97. The molecule has 0 amide bonds. The van der Waals surface area contributed by atoms with E-state index < -0.39 is 0 Å². The van der Waals surface area contributed by atoms with Gasteiger partial charge in [0, 0.05) is 25.2 Å². The van der Waals surface area contributed by atoms with Gasteiger partial charge in [0.2, 0.25) is 0 Å². The lowest BCUT2D eigenvalue weighted by atomic mass is 9.97. The third-order valence-corrected chi connectivity index (χ3v) is 3.21. The Morgan fingerprint density at radius 3 is 3.00 bits per heavy atom. The van der Waals surface area contributed by atoms with Crippen LogP contribution in [0.15, 0.2) is 6.20 Å². The van der Waals surface area contributed by atoms with Gasteiger partial charge < -0.3 is 10.6 Å². The second kappa shape index (κ2) is 4.69. The topological polar surface area (TPSA) is 78.9 Å². The summed E-state index contributed by atoms with van der Waals surface area (Å²) in [5.41, 5.74) is 7.47. The fraction of sp³-hybridized carbons (Fsp3) is 0.583. The van der Waals surface area contributed by atoms with Crippen LogP contribution in [0.25, 0.3) is 0 Å². The third-order valence-electron chi connectivity index (χ3n) is 3.21. The Labute approximate surface area is 102 Å². The molecule has 0 aromatic carbocycles. The predicted octanol–water partition coefficient (Wildman–Crippen LogP) is 1.25. The molecule has 1 saturated heterocycles. The van der Waals surface area contributed by atoms with E-state index in [-0.39, 0.29) is 11.8 Å². The maximum Gasteiger partial charge on any atom is 0.150 e. The maximum atomic E-state index is 7.55. The smallest absolute Gasteiger partial charge is 0.150 e. The molecule has 1 aliphatic heterocycles. The standard InChI is InChI=1S/C12H19N5/c1-8-6-15-9(2)12(16-8)17-5-3-4-10(7-17)11(13)14/h6,10H,3-5,7H2,1-2H3,(H3,13,14). The summed E-state index contributed by atoms with van der Waals surface area (Å²) in [5.74, 6) is 1.38. The average molecular weight is 233 g/mol. The number of nitrogens with one attached hydrogen (secondary N) is 1. The summed E-state index contributed by atoms with van der Waals surface area (Å²) in [6, 6.07) is 0. The molecule has 1 aliphatic rings. The molecule has 1 unspecified atom stereocenters. The molecule has 5 heteroatoms. The molecule has 0 spiro atoms. The van der Waals surface area contributed by atoms with Crippen LogP contribution in [-0.2, 0) is 0 Å². The largest absolute Gasteiger partial charge is 0.387 e. The van der Waals surface area contributed by atoms with Gasteiger partial charge in [0.05, 0.1) is 17.2 Å². The van der Waals surface area contributed by atoms with E-state index in [0.717, 1.165) is 43.1 Å². The van der Waals surface area contributed by atoms with Crippen molar-refractivity contribution in [1.29, 1.82) is 5.41 Å². The molecule has 0 bridgehead atoms. The van der Waals surface area contributed by atoms with Crippen molar-refractivity contribution in [2.75, 3.05) is 18.0 Å². The van der Waals surface area contributed by atoms with Crippen molar-refractivity contribution >= 4 is 11.7 Å². The van der Waals surface area contributed by atoms with Crippen LogP contribution in [0.1, 0.15) is 24.2 Å². The first-order valence-electron chi connectivity index (χ1n) is 5.97. The number of anilines is 1. The summed E-state index contributed by atoms with van der Waals surface area (Å²) in [5, 5.41) is 7.55. The van der Waals surface area contributed by atoms with Crippen molar-refractivity contribution < 1.29 is 0 Å². The van der Waals surface area contributed by atoms with Crippen LogP contribution >= 0.6 is 0 Å². The van der Waals surface area contributed by atoms with E-state index in [2.05, 4.69) is 14.9 Å². The number of piperidine rings is 1. The van der Waals surface area contributed by atoms with Crippen LogP contribution in [0, 0.1) is 25.2 Å². The lowest BCUT2D eigenvalue weighted by Crippen LogP contribution is -2.41. The van der Waals surface area contributed by atoms with E-state index in [1.807, 2.05) is 13.8 Å². The van der Waals surface area contributed by atoms with Crippen LogP contribution in [-0.4, -0.2) is 28.9 Å². The van der Waals surface area contributed by atoms with Crippen molar-refractivity contribution in [1.82, 2.24) is 9.97 Å². The van der Waals surface area contributed by atoms with E-state index >= 15 is 0 Å². The summed E-state index contributed by atoms with van der Waals surface area (Å²) in [4.78, 5) is 11.1. The molecule has 5 nitrogen and oxygen atoms in total. The van der Waals surface area contributed by atoms with Gasteiger partial charge in [0.25, 0.3) is 0 Å². The maximum absolute atomic E-state index is 7.55. The number of hydrogen-bond donors (Lipinski definition) is 2. The predicted molar refractivity (Wildman–Crippen MR) is 68.4 cm³/mol. The SMILES string of the molecule is Cc1cnc(C)c(N2CCCC(C(=N)N)C2)n1. The molecule has 0 saturated carbocycles. The highest BCUT2D eigenvalue weighted by Gasteiger charge is 2.24. The zero-order valence-corrected chi connectivity index (χ0v) is 10.4. The van der Waals surface area contributed by atoms with Gasteiger partial charge >= 0.3 is 0 Å². The van der Waals surface area contributed by atoms with Crippen LogP contribution in [0.2, 0.25) is 0 Å². The Morgan fingerprint density at radius 2 is 2.29 bits per heavy atom. The van der Waals surface area contributed by atoms with Crippen LogP contribution in [0.5, 0.6) is 0 Å². The minimum Gasteiger partial charge on any atom is -0.387 e. The van der Waals surface area contributed by atoms with Gasteiger partial charge in [-0.15, -0.1) is 0 Å². The molecule has 92 valence electrons. The number of aromatic nitrogens is 2. The van der Waals surface area contributed by atoms with E-state index in [4.69, 9.17) is 11.1 Å². The molecular weight excluding hydrogens is 214 g/mol. The Balaban J connectivity index is 2.21. The molecular formula is C12H19N5. The van der Waals surface area contributed by atoms with Gasteiger partial charge in [-0.25, -0.2) is 4.98 Å². The Kier molecular flexibility index (Phi) is 3.26.